The van der Waals surface area contributed by atoms with Crippen molar-refractivity contribution in [1.29, 1.82) is 0 Å². The zero-order chi connectivity index (χ0) is 17.6. The monoisotopic (exact) mass is 433 g/mol. The van der Waals surface area contributed by atoms with E-state index in [0.717, 1.165) is 33.5 Å². The molecule has 0 saturated carbocycles. The van der Waals surface area contributed by atoms with E-state index < -0.39 is 0 Å². The zero-order valence-electron chi connectivity index (χ0n) is 14.3. The minimum absolute atomic E-state index is 0.836. The Hall–Kier alpha value is -1.24. The average Bonchev–Trinajstić information content (AvgIpc) is 3.02. The van der Waals surface area contributed by atoms with Crippen LogP contribution < -0.4 is 0 Å². The van der Waals surface area contributed by atoms with Gasteiger partial charge in [0.05, 0.1) is 5.75 Å². The normalized spacial score (nSPS) is 11.0. The van der Waals surface area contributed by atoms with Crippen LogP contribution >= 0.6 is 39.5 Å². The van der Waals surface area contributed by atoms with Gasteiger partial charge in [0, 0.05) is 21.7 Å². The number of thioether (sulfide) groups is 2. The van der Waals surface area contributed by atoms with Gasteiger partial charge in [-0.1, -0.05) is 57.5 Å². The van der Waals surface area contributed by atoms with Crippen LogP contribution in [0.25, 0.3) is 0 Å². The molecule has 0 aliphatic carbocycles. The van der Waals surface area contributed by atoms with Gasteiger partial charge >= 0.3 is 0 Å². The molecule has 0 aliphatic rings. The van der Waals surface area contributed by atoms with E-state index in [1.165, 1.54) is 16.0 Å². The standard InChI is InChI=1S/C19H20BrN3S2/c1-3-23-18(13-24-17-10-4-14(2)5-11-17)21-22-19(23)25-12-15-6-8-16(20)9-7-15/h4-11H,3,12-13H2,1-2H3. The van der Waals surface area contributed by atoms with Gasteiger partial charge in [-0.2, -0.15) is 0 Å². The van der Waals surface area contributed by atoms with Crippen molar-refractivity contribution in [2.45, 2.75) is 41.9 Å². The number of hydrogen-bond acceptors (Lipinski definition) is 4. The van der Waals surface area contributed by atoms with Crippen molar-refractivity contribution >= 4 is 39.5 Å². The molecule has 6 heteroatoms. The second-order valence-corrected chi connectivity index (χ2v) is 8.57. The van der Waals surface area contributed by atoms with Crippen LogP contribution in [0.3, 0.4) is 0 Å². The van der Waals surface area contributed by atoms with E-state index >= 15 is 0 Å². The first-order valence-corrected chi connectivity index (χ1v) is 10.9. The second-order valence-electron chi connectivity index (χ2n) is 5.66. The Bertz CT molecular complexity index is 747. The summed E-state index contributed by atoms with van der Waals surface area (Å²) in [6.07, 6.45) is 0. The Morgan fingerprint density at radius 1 is 0.920 bits per heavy atom. The van der Waals surface area contributed by atoms with Crippen LogP contribution in [0, 0.1) is 6.92 Å². The maximum Gasteiger partial charge on any atom is 0.191 e. The largest absolute Gasteiger partial charge is 0.306 e. The highest BCUT2D eigenvalue weighted by molar-refractivity contribution is 9.10. The van der Waals surface area contributed by atoms with Gasteiger partial charge in [0.25, 0.3) is 0 Å². The molecule has 1 heterocycles. The topological polar surface area (TPSA) is 30.7 Å². The van der Waals surface area contributed by atoms with Crippen LogP contribution in [0.2, 0.25) is 0 Å². The molecule has 0 N–H and O–H groups in total. The highest BCUT2D eigenvalue weighted by Crippen LogP contribution is 2.26. The Kier molecular flexibility index (Phi) is 6.62. The first kappa shape index (κ1) is 18.5. The molecule has 3 rings (SSSR count). The smallest absolute Gasteiger partial charge is 0.191 e. The maximum absolute atomic E-state index is 4.41. The van der Waals surface area contributed by atoms with Crippen LogP contribution in [-0.2, 0) is 18.1 Å². The summed E-state index contributed by atoms with van der Waals surface area (Å²) in [5.74, 6) is 2.77. The molecule has 0 amide bonds. The number of benzene rings is 2. The van der Waals surface area contributed by atoms with E-state index in [1.54, 1.807) is 23.5 Å². The second kappa shape index (κ2) is 8.92. The number of hydrogen-bond donors (Lipinski definition) is 0. The lowest BCUT2D eigenvalue weighted by Gasteiger charge is -2.07. The summed E-state index contributed by atoms with van der Waals surface area (Å²) in [4.78, 5) is 1.26. The summed E-state index contributed by atoms with van der Waals surface area (Å²) in [5.41, 5.74) is 2.57. The lowest BCUT2D eigenvalue weighted by molar-refractivity contribution is 0.659. The Morgan fingerprint density at radius 3 is 2.32 bits per heavy atom. The fourth-order valence-corrected chi connectivity index (χ4v) is 4.44. The summed E-state index contributed by atoms with van der Waals surface area (Å²) < 4.78 is 3.32. The number of aryl methyl sites for hydroxylation is 1. The van der Waals surface area contributed by atoms with E-state index in [-0.39, 0.29) is 0 Å². The fraction of sp³-hybridized carbons (Fsp3) is 0.263. The first-order valence-electron chi connectivity index (χ1n) is 8.14. The Morgan fingerprint density at radius 2 is 1.64 bits per heavy atom. The van der Waals surface area contributed by atoms with Crippen LogP contribution in [0.4, 0.5) is 0 Å². The molecule has 3 aromatic rings. The van der Waals surface area contributed by atoms with Gasteiger partial charge in [-0.15, -0.1) is 22.0 Å². The van der Waals surface area contributed by atoms with Crippen molar-refractivity contribution in [1.82, 2.24) is 14.8 Å². The Labute approximate surface area is 165 Å². The third kappa shape index (κ3) is 5.12. The van der Waals surface area contributed by atoms with E-state index in [2.05, 4.69) is 93.1 Å². The summed E-state index contributed by atoms with van der Waals surface area (Å²) in [6, 6.07) is 17.0. The minimum Gasteiger partial charge on any atom is -0.306 e. The minimum atomic E-state index is 0.836. The quantitative estimate of drug-likeness (QED) is 0.430. The molecule has 2 aromatic carbocycles. The van der Waals surface area contributed by atoms with Crippen molar-refractivity contribution in [3.05, 3.63) is 70.0 Å². The van der Waals surface area contributed by atoms with Crippen LogP contribution in [-0.4, -0.2) is 14.8 Å². The molecular formula is C19H20BrN3S2. The van der Waals surface area contributed by atoms with Crippen LogP contribution in [0.5, 0.6) is 0 Å². The molecule has 0 radical (unpaired) electrons. The molecule has 0 unspecified atom stereocenters. The average molecular weight is 434 g/mol. The number of halogens is 1. The SMILES string of the molecule is CCn1c(CSc2ccc(C)cc2)nnc1SCc1ccc(Br)cc1. The van der Waals surface area contributed by atoms with E-state index in [4.69, 9.17) is 0 Å². The molecule has 0 saturated heterocycles. The summed E-state index contributed by atoms with van der Waals surface area (Å²) in [7, 11) is 0. The molecular weight excluding hydrogens is 414 g/mol. The molecule has 0 atom stereocenters. The van der Waals surface area contributed by atoms with Gasteiger partial charge in [-0.3, -0.25) is 0 Å². The molecule has 0 fully saturated rings. The van der Waals surface area contributed by atoms with E-state index in [9.17, 15) is 0 Å². The highest BCUT2D eigenvalue weighted by Gasteiger charge is 2.12. The summed E-state index contributed by atoms with van der Waals surface area (Å²) in [5, 5.41) is 9.80. The zero-order valence-corrected chi connectivity index (χ0v) is 17.5. The van der Waals surface area contributed by atoms with Gasteiger partial charge in [-0.05, 0) is 43.7 Å². The lowest BCUT2D eigenvalue weighted by atomic mass is 10.2. The third-order valence-corrected chi connectivity index (χ3v) is 6.35. The fourth-order valence-electron chi connectivity index (χ4n) is 2.36. The van der Waals surface area contributed by atoms with Gasteiger partial charge in [0.2, 0.25) is 0 Å². The number of nitrogens with zero attached hydrogens (tertiary/aromatic N) is 3. The predicted octanol–water partition coefficient (Wildman–Crippen LogP) is 5.95. The van der Waals surface area contributed by atoms with Gasteiger partial charge < -0.3 is 4.57 Å². The molecule has 25 heavy (non-hydrogen) atoms. The highest BCUT2D eigenvalue weighted by atomic mass is 79.9. The molecule has 0 aliphatic heterocycles. The molecule has 0 spiro atoms. The predicted molar refractivity (Wildman–Crippen MR) is 110 cm³/mol. The van der Waals surface area contributed by atoms with E-state index in [1.807, 2.05) is 0 Å². The first-order chi connectivity index (χ1) is 12.2. The molecule has 0 bridgehead atoms. The van der Waals surface area contributed by atoms with Gasteiger partial charge in [0.15, 0.2) is 5.16 Å². The third-order valence-electron chi connectivity index (χ3n) is 3.78. The van der Waals surface area contributed by atoms with Crippen LogP contribution in [0.15, 0.2) is 63.1 Å². The Balaban J connectivity index is 1.63. The van der Waals surface area contributed by atoms with Crippen molar-refractivity contribution in [2.24, 2.45) is 0 Å². The molecule has 130 valence electrons. The summed E-state index contributed by atoms with van der Waals surface area (Å²) in [6.45, 7) is 5.14. The number of rotatable bonds is 7. The number of aromatic nitrogens is 3. The lowest BCUT2D eigenvalue weighted by Crippen LogP contribution is -2.02. The van der Waals surface area contributed by atoms with Crippen LogP contribution in [0.1, 0.15) is 23.9 Å². The molecule has 1 aromatic heterocycles. The maximum atomic E-state index is 4.41. The van der Waals surface area contributed by atoms with Gasteiger partial charge in [0.1, 0.15) is 5.82 Å². The van der Waals surface area contributed by atoms with Crippen molar-refractivity contribution in [2.75, 3.05) is 0 Å². The van der Waals surface area contributed by atoms with E-state index in [0.29, 0.717) is 0 Å². The summed E-state index contributed by atoms with van der Waals surface area (Å²) >= 11 is 7.02. The van der Waals surface area contributed by atoms with Crippen molar-refractivity contribution < 1.29 is 0 Å². The van der Waals surface area contributed by atoms with Crippen molar-refractivity contribution in [3.63, 3.8) is 0 Å². The van der Waals surface area contributed by atoms with Gasteiger partial charge in [-0.25, -0.2) is 0 Å². The molecule has 3 nitrogen and oxygen atoms in total. The van der Waals surface area contributed by atoms with Crippen molar-refractivity contribution in [3.8, 4) is 0 Å².